The quantitative estimate of drug-likeness (QED) is 0.706. The Labute approximate surface area is 158 Å². The fourth-order valence-electron chi connectivity index (χ4n) is 2.96. The molecule has 1 heterocycles. The van der Waals surface area contributed by atoms with Gasteiger partial charge < -0.3 is 20.6 Å². The number of primary amides is 1. The SMILES string of the molecule is CC(=O)CC[C@H](NC(=O)[C@H]1CCCN1C(=O)OCc1ccccc1)C(N)=O. The summed E-state index contributed by atoms with van der Waals surface area (Å²) in [6.07, 6.45) is 0.844. The van der Waals surface area contributed by atoms with Crippen LogP contribution in [0.3, 0.4) is 0 Å². The number of carbonyl (C=O) groups excluding carboxylic acids is 4. The molecule has 1 aliphatic heterocycles. The van der Waals surface area contributed by atoms with E-state index >= 15 is 0 Å². The zero-order chi connectivity index (χ0) is 19.8. The van der Waals surface area contributed by atoms with Crippen LogP contribution in [0.5, 0.6) is 0 Å². The third kappa shape index (κ3) is 6.09. The summed E-state index contributed by atoms with van der Waals surface area (Å²) in [4.78, 5) is 48.9. The van der Waals surface area contributed by atoms with E-state index in [2.05, 4.69) is 5.32 Å². The Kier molecular flexibility index (Phi) is 7.34. The Balaban J connectivity index is 1.92. The Morgan fingerprint density at radius 1 is 1.26 bits per heavy atom. The van der Waals surface area contributed by atoms with Crippen molar-refractivity contribution < 1.29 is 23.9 Å². The summed E-state index contributed by atoms with van der Waals surface area (Å²) in [5.41, 5.74) is 6.16. The average molecular weight is 375 g/mol. The van der Waals surface area contributed by atoms with E-state index in [0.717, 1.165) is 5.56 Å². The van der Waals surface area contributed by atoms with Crippen molar-refractivity contribution in [3.63, 3.8) is 0 Å². The van der Waals surface area contributed by atoms with Crippen LogP contribution in [0.4, 0.5) is 4.79 Å². The first kappa shape index (κ1) is 20.4. The summed E-state index contributed by atoms with van der Waals surface area (Å²) in [6, 6.07) is 7.59. The van der Waals surface area contributed by atoms with Crippen LogP contribution in [0.15, 0.2) is 30.3 Å². The fraction of sp³-hybridized carbons (Fsp3) is 0.474. The summed E-state index contributed by atoms with van der Waals surface area (Å²) >= 11 is 0. The molecular weight excluding hydrogens is 350 g/mol. The number of ketones is 1. The molecule has 8 nitrogen and oxygen atoms in total. The number of ether oxygens (including phenoxy) is 1. The number of hydrogen-bond donors (Lipinski definition) is 2. The third-order valence-corrected chi connectivity index (χ3v) is 4.44. The van der Waals surface area contributed by atoms with Crippen LogP contribution in [0.1, 0.15) is 38.2 Å². The third-order valence-electron chi connectivity index (χ3n) is 4.44. The minimum atomic E-state index is -0.941. The number of hydrogen-bond acceptors (Lipinski definition) is 5. The van der Waals surface area contributed by atoms with Crippen molar-refractivity contribution in [1.29, 1.82) is 0 Å². The lowest BCUT2D eigenvalue weighted by atomic mass is 10.1. The normalized spacial score (nSPS) is 17.2. The van der Waals surface area contributed by atoms with E-state index in [1.165, 1.54) is 11.8 Å². The number of benzene rings is 1. The van der Waals surface area contributed by atoms with Gasteiger partial charge in [-0.2, -0.15) is 0 Å². The molecule has 27 heavy (non-hydrogen) atoms. The van der Waals surface area contributed by atoms with Crippen molar-refractivity contribution in [3.8, 4) is 0 Å². The van der Waals surface area contributed by atoms with Crippen molar-refractivity contribution >= 4 is 23.7 Å². The van der Waals surface area contributed by atoms with Crippen LogP contribution >= 0.6 is 0 Å². The molecule has 3 N–H and O–H groups in total. The maximum absolute atomic E-state index is 12.5. The van der Waals surface area contributed by atoms with Gasteiger partial charge in [-0.3, -0.25) is 14.5 Å². The molecule has 2 atom stereocenters. The summed E-state index contributed by atoms with van der Waals surface area (Å²) in [5, 5.41) is 2.56. The number of nitrogens with two attached hydrogens (primary N) is 1. The highest BCUT2D eigenvalue weighted by molar-refractivity contribution is 5.91. The van der Waals surface area contributed by atoms with Crippen molar-refractivity contribution in [2.24, 2.45) is 5.73 Å². The van der Waals surface area contributed by atoms with Gasteiger partial charge in [-0.25, -0.2) is 4.79 Å². The Morgan fingerprint density at radius 3 is 2.59 bits per heavy atom. The van der Waals surface area contributed by atoms with Crippen LogP contribution in [0.2, 0.25) is 0 Å². The predicted molar refractivity (Wildman–Crippen MR) is 97.4 cm³/mol. The molecule has 1 aromatic rings. The van der Waals surface area contributed by atoms with Crippen molar-refractivity contribution in [1.82, 2.24) is 10.2 Å². The van der Waals surface area contributed by atoms with Crippen molar-refractivity contribution in [2.75, 3.05) is 6.54 Å². The second-order valence-corrected chi connectivity index (χ2v) is 6.60. The topological polar surface area (TPSA) is 119 Å². The maximum Gasteiger partial charge on any atom is 0.410 e. The van der Waals surface area contributed by atoms with E-state index in [0.29, 0.717) is 19.4 Å². The molecule has 0 bridgehead atoms. The molecule has 1 aliphatic rings. The van der Waals surface area contributed by atoms with Gasteiger partial charge in [0.15, 0.2) is 0 Å². The minimum absolute atomic E-state index is 0.0949. The zero-order valence-electron chi connectivity index (χ0n) is 15.3. The van der Waals surface area contributed by atoms with Gasteiger partial charge in [0, 0.05) is 13.0 Å². The summed E-state index contributed by atoms with van der Waals surface area (Å²) in [7, 11) is 0. The average Bonchev–Trinajstić information content (AvgIpc) is 3.13. The van der Waals surface area contributed by atoms with E-state index in [9.17, 15) is 19.2 Å². The monoisotopic (exact) mass is 375 g/mol. The molecule has 0 unspecified atom stereocenters. The highest BCUT2D eigenvalue weighted by atomic mass is 16.6. The van der Waals surface area contributed by atoms with Crippen molar-refractivity contribution in [3.05, 3.63) is 35.9 Å². The summed E-state index contributed by atoms with van der Waals surface area (Å²) in [5.74, 6) is -1.26. The number of nitrogens with zero attached hydrogens (tertiary/aromatic N) is 1. The second kappa shape index (κ2) is 9.70. The maximum atomic E-state index is 12.5. The van der Waals surface area contributed by atoms with E-state index in [1.54, 1.807) is 0 Å². The first-order chi connectivity index (χ1) is 12.9. The first-order valence-electron chi connectivity index (χ1n) is 8.95. The first-order valence-corrected chi connectivity index (χ1v) is 8.95. The second-order valence-electron chi connectivity index (χ2n) is 6.60. The van der Waals surface area contributed by atoms with Crippen LogP contribution in [-0.4, -0.2) is 47.2 Å². The zero-order valence-corrected chi connectivity index (χ0v) is 15.3. The lowest BCUT2D eigenvalue weighted by Crippen LogP contribution is -2.52. The number of carbonyl (C=O) groups is 4. The van der Waals surface area contributed by atoms with Gasteiger partial charge in [0.1, 0.15) is 24.5 Å². The van der Waals surface area contributed by atoms with E-state index in [4.69, 9.17) is 10.5 Å². The molecule has 0 spiro atoms. The van der Waals surface area contributed by atoms with Gasteiger partial charge in [-0.1, -0.05) is 30.3 Å². The van der Waals surface area contributed by atoms with Crippen LogP contribution in [0, 0.1) is 0 Å². The molecule has 0 radical (unpaired) electrons. The molecule has 1 saturated heterocycles. The van der Waals surface area contributed by atoms with Crippen LogP contribution in [-0.2, 0) is 25.7 Å². The van der Waals surface area contributed by atoms with E-state index < -0.39 is 30.0 Å². The molecule has 0 aromatic heterocycles. The molecule has 146 valence electrons. The van der Waals surface area contributed by atoms with Crippen molar-refractivity contribution in [2.45, 2.75) is 51.3 Å². The Hall–Kier alpha value is -2.90. The van der Waals surface area contributed by atoms with Gasteiger partial charge in [-0.15, -0.1) is 0 Å². The standard InChI is InChI=1S/C19H25N3O5/c1-13(23)9-10-15(17(20)24)21-18(25)16-8-5-11-22(16)19(26)27-12-14-6-3-2-4-7-14/h2-4,6-7,15-16H,5,8-12H2,1H3,(H2,20,24)(H,21,25)/t15-,16+/m0/s1. The minimum Gasteiger partial charge on any atom is -0.445 e. The largest absolute Gasteiger partial charge is 0.445 e. The summed E-state index contributed by atoms with van der Waals surface area (Å²) < 4.78 is 5.29. The van der Waals surface area contributed by atoms with Crippen LogP contribution in [0.25, 0.3) is 0 Å². The smallest absolute Gasteiger partial charge is 0.410 e. The molecule has 1 aromatic carbocycles. The summed E-state index contributed by atoms with van der Waals surface area (Å²) in [6.45, 7) is 1.93. The molecule has 2 rings (SSSR count). The van der Waals surface area contributed by atoms with Gasteiger partial charge >= 0.3 is 6.09 Å². The Morgan fingerprint density at radius 2 is 1.96 bits per heavy atom. The highest BCUT2D eigenvalue weighted by Gasteiger charge is 2.36. The van der Waals surface area contributed by atoms with E-state index in [1.807, 2.05) is 30.3 Å². The number of nitrogens with one attached hydrogen (secondary N) is 1. The lowest BCUT2D eigenvalue weighted by molar-refractivity contribution is -0.130. The molecule has 0 aliphatic carbocycles. The van der Waals surface area contributed by atoms with Crippen LogP contribution < -0.4 is 11.1 Å². The Bertz CT molecular complexity index is 692. The van der Waals surface area contributed by atoms with Gasteiger partial charge in [0.2, 0.25) is 11.8 Å². The number of amides is 3. The van der Waals surface area contributed by atoms with E-state index in [-0.39, 0.29) is 25.2 Å². The lowest BCUT2D eigenvalue weighted by Gasteiger charge is -2.25. The van der Waals surface area contributed by atoms with Gasteiger partial charge in [0.05, 0.1) is 0 Å². The molecule has 8 heteroatoms. The van der Waals surface area contributed by atoms with Gasteiger partial charge in [-0.05, 0) is 31.7 Å². The number of rotatable bonds is 8. The predicted octanol–water partition coefficient (Wildman–Crippen LogP) is 1.13. The molecule has 0 saturated carbocycles. The number of likely N-dealkylation sites (tertiary alicyclic amines) is 1. The molecular formula is C19H25N3O5. The molecule has 1 fully saturated rings. The highest BCUT2D eigenvalue weighted by Crippen LogP contribution is 2.19. The van der Waals surface area contributed by atoms with Gasteiger partial charge in [0.25, 0.3) is 0 Å². The number of Topliss-reactive ketones (excluding diaryl/α,β-unsaturated/α-hetero) is 1. The fourth-order valence-corrected chi connectivity index (χ4v) is 2.96. The molecule has 3 amide bonds.